The van der Waals surface area contributed by atoms with Crippen molar-refractivity contribution >= 4 is 11.6 Å². The van der Waals surface area contributed by atoms with E-state index in [9.17, 15) is 4.39 Å². The molecule has 0 heterocycles. The van der Waals surface area contributed by atoms with Crippen LogP contribution in [0.15, 0.2) is 18.2 Å². The molecule has 0 spiro atoms. The molecule has 0 aliphatic rings. The predicted molar refractivity (Wildman–Crippen MR) is 76.7 cm³/mol. The van der Waals surface area contributed by atoms with Crippen molar-refractivity contribution in [1.29, 1.82) is 0 Å². The van der Waals surface area contributed by atoms with Gasteiger partial charge in [-0.1, -0.05) is 44.4 Å². The second kappa shape index (κ2) is 8.49. The van der Waals surface area contributed by atoms with Gasteiger partial charge in [0.2, 0.25) is 0 Å². The molecular formula is C15H23ClFN. The Morgan fingerprint density at radius 2 is 2.06 bits per heavy atom. The van der Waals surface area contributed by atoms with E-state index in [0.717, 1.165) is 31.4 Å². The van der Waals surface area contributed by atoms with E-state index in [2.05, 4.69) is 19.2 Å². The van der Waals surface area contributed by atoms with Gasteiger partial charge in [-0.2, -0.15) is 0 Å². The first-order valence-electron chi connectivity index (χ1n) is 6.84. The van der Waals surface area contributed by atoms with Crippen molar-refractivity contribution < 1.29 is 4.39 Å². The van der Waals surface area contributed by atoms with Crippen LogP contribution in [-0.4, -0.2) is 12.6 Å². The predicted octanol–water partition coefficient (Wildman–Crippen LogP) is 4.58. The third kappa shape index (κ3) is 5.36. The van der Waals surface area contributed by atoms with Crippen molar-refractivity contribution in [1.82, 2.24) is 5.32 Å². The number of hydrogen-bond acceptors (Lipinski definition) is 1. The Labute approximate surface area is 115 Å². The van der Waals surface area contributed by atoms with E-state index >= 15 is 0 Å². The van der Waals surface area contributed by atoms with Crippen LogP contribution in [0.3, 0.4) is 0 Å². The molecule has 1 rings (SSSR count). The molecule has 1 N–H and O–H groups in total. The minimum Gasteiger partial charge on any atom is -0.314 e. The molecule has 1 aromatic rings. The minimum atomic E-state index is -0.320. The molecule has 3 heteroatoms. The summed E-state index contributed by atoms with van der Waals surface area (Å²) in [7, 11) is 0. The highest BCUT2D eigenvalue weighted by atomic mass is 35.5. The minimum absolute atomic E-state index is 0.199. The summed E-state index contributed by atoms with van der Waals surface area (Å²) in [6, 6.07) is 5.54. The maximum Gasteiger partial charge on any atom is 0.142 e. The molecular weight excluding hydrogens is 249 g/mol. The fourth-order valence-electron chi connectivity index (χ4n) is 2.03. The number of unbranched alkanes of at least 4 members (excludes halogenated alkanes) is 1. The van der Waals surface area contributed by atoms with Crippen LogP contribution in [0.2, 0.25) is 5.02 Å². The van der Waals surface area contributed by atoms with Crippen molar-refractivity contribution in [3.8, 4) is 0 Å². The van der Waals surface area contributed by atoms with E-state index in [1.807, 2.05) is 6.07 Å². The first kappa shape index (κ1) is 15.5. The van der Waals surface area contributed by atoms with Crippen LogP contribution >= 0.6 is 11.6 Å². The molecule has 1 unspecified atom stereocenters. The van der Waals surface area contributed by atoms with Gasteiger partial charge in [0, 0.05) is 6.04 Å². The lowest BCUT2D eigenvalue weighted by Crippen LogP contribution is -2.31. The lowest BCUT2D eigenvalue weighted by molar-refractivity contribution is 0.461. The Morgan fingerprint density at radius 3 is 2.67 bits per heavy atom. The standard InChI is InChI=1S/C15H23ClFN/c1-3-5-6-13(18-9-4-2)10-12-7-8-14(16)15(17)11-12/h7-8,11,13,18H,3-6,9-10H2,1-2H3. The Bertz CT molecular complexity index is 346. The Balaban J connectivity index is 2.59. The summed E-state index contributed by atoms with van der Waals surface area (Å²) in [6.45, 7) is 5.37. The molecule has 1 atom stereocenters. The van der Waals surface area contributed by atoms with Crippen molar-refractivity contribution in [3.63, 3.8) is 0 Å². The number of hydrogen-bond donors (Lipinski definition) is 1. The van der Waals surface area contributed by atoms with Gasteiger partial charge in [0.1, 0.15) is 5.82 Å². The van der Waals surface area contributed by atoms with Gasteiger partial charge in [-0.25, -0.2) is 4.39 Å². The van der Waals surface area contributed by atoms with Crippen LogP contribution in [0, 0.1) is 5.82 Å². The van der Waals surface area contributed by atoms with Crippen LogP contribution in [-0.2, 0) is 6.42 Å². The molecule has 18 heavy (non-hydrogen) atoms. The van der Waals surface area contributed by atoms with Crippen LogP contribution in [0.4, 0.5) is 4.39 Å². The van der Waals surface area contributed by atoms with Crippen LogP contribution < -0.4 is 5.32 Å². The molecule has 1 aromatic carbocycles. The van der Waals surface area contributed by atoms with Gasteiger partial charge >= 0.3 is 0 Å². The second-order valence-corrected chi connectivity index (χ2v) is 5.15. The molecule has 0 saturated carbocycles. The zero-order valence-electron chi connectivity index (χ0n) is 11.3. The van der Waals surface area contributed by atoms with E-state index < -0.39 is 0 Å². The third-order valence-electron chi connectivity index (χ3n) is 3.06. The van der Waals surface area contributed by atoms with Gasteiger partial charge in [-0.05, 0) is 43.5 Å². The van der Waals surface area contributed by atoms with Crippen LogP contribution in [0.1, 0.15) is 45.1 Å². The summed E-state index contributed by atoms with van der Waals surface area (Å²) in [5, 5.41) is 3.73. The molecule has 0 aliphatic carbocycles. The summed E-state index contributed by atoms with van der Waals surface area (Å²) in [6.07, 6.45) is 5.53. The van der Waals surface area contributed by atoms with E-state index in [0.29, 0.717) is 6.04 Å². The molecule has 0 bridgehead atoms. The van der Waals surface area contributed by atoms with Crippen molar-refractivity contribution in [2.24, 2.45) is 0 Å². The lowest BCUT2D eigenvalue weighted by atomic mass is 10.0. The van der Waals surface area contributed by atoms with Crippen LogP contribution in [0.25, 0.3) is 0 Å². The summed E-state index contributed by atoms with van der Waals surface area (Å²) < 4.78 is 13.4. The quantitative estimate of drug-likeness (QED) is 0.730. The van der Waals surface area contributed by atoms with Gasteiger partial charge in [-0.3, -0.25) is 0 Å². The maximum atomic E-state index is 13.4. The summed E-state index contributed by atoms with van der Waals surface area (Å²) >= 11 is 5.69. The van der Waals surface area contributed by atoms with Crippen molar-refractivity contribution in [3.05, 3.63) is 34.6 Å². The lowest BCUT2D eigenvalue weighted by Gasteiger charge is -2.18. The SMILES string of the molecule is CCCCC(Cc1ccc(Cl)c(F)c1)NCCC. The molecule has 0 aromatic heterocycles. The van der Waals surface area contributed by atoms with E-state index in [4.69, 9.17) is 11.6 Å². The summed E-state index contributed by atoms with van der Waals surface area (Å²) in [4.78, 5) is 0. The van der Waals surface area contributed by atoms with Gasteiger partial charge in [-0.15, -0.1) is 0 Å². The Hall–Kier alpha value is -0.600. The molecule has 102 valence electrons. The first-order chi connectivity index (χ1) is 8.67. The van der Waals surface area contributed by atoms with Gasteiger partial charge < -0.3 is 5.32 Å². The number of nitrogens with one attached hydrogen (secondary N) is 1. The largest absolute Gasteiger partial charge is 0.314 e. The second-order valence-electron chi connectivity index (χ2n) is 4.75. The fraction of sp³-hybridized carbons (Fsp3) is 0.600. The maximum absolute atomic E-state index is 13.4. The topological polar surface area (TPSA) is 12.0 Å². The average molecular weight is 272 g/mol. The molecule has 0 radical (unpaired) electrons. The van der Waals surface area contributed by atoms with E-state index in [1.165, 1.54) is 12.8 Å². The van der Waals surface area contributed by atoms with Crippen LogP contribution in [0.5, 0.6) is 0 Å². The van der Waals surface area contributed by atoms with E-state index in [-0.39, 0.29) is 10.8 Å². The Morgan fingerprint density at radius 1 is 1.28 bits per heavy atom. The highest BCUT2D eigenvalue weighted by molar-refractivity contribution is 6.30. The van der Waals surface area contributed by atoms with Gasteiger partial charge in [0.25, 0.3) is 0 Å². The highest BCUT2D eigenvalue weighted by Crippen LogP contribution is 2.17. The average Bonchev–Trinajstić information content (AvgIpc) is 2.37. The summed E-state index contributed by atoms with van der Waals surface area (Å²) in [5.74, 6) is -0.320. The number of halogens is 2. The van der Waals surface area contributed by atoms with Gasteiger partial charge in [0.15, 0.2) is 0 Å². The Kier molecular flexibility index (Phi) is 7.29. The van der Waals surface area contributed by atoms with E-state index in [1.54, 1.807) is 12.1 Å². The summed E-state index contributed by atoms with van der Waals surface area (Å²) in [5.41, 5.74) is 1.02. The zero-order chi connectivity index (χ0) is 13.4. The van der Waals surface area contributed by atoms with Crippen molar-refractivity contribution in [2.75, 3.05) is 6.54 Å². The zero-order valence-corrected chi connectivity index (χ0v) is 12.1. The fourth-order valence-corrected chi connectivity index (χ4v) is 2.14. The van der Waals surface area contributed by atoms with Gasteiger partial charge in [0.05, 0.1) is 5.02 Å². The molecule has 1 nitrogen and oxygen atoms in total. The normalized spacial score (nSPS) is 12.7. The molecule has 0 fully saturated rings. The molecule has 0 aliphatic heterocycles. The molecule has 0 saturated heterocycles. The number of rotatable bonds is 8. The van der Waals surface area contributed by atoms with Crippen molar-refractivity contribution in [2.45, 2.75) is 52.0 Å². The third-order valence-corrected chi connectivity index (χ3v) is 3.36. The number of benzene rings is 1. The first-order valence-corrected chi connectivity index (χ1v) is 7.22. The monoisotopic (exact) mass is 271 g/mol. The highest BCUT2D eigenvalue weighted by Gasteiger charge is 2.09. The smallest absolute Gasteiger partial charge is 0.142 e. The molecule has 0 amide bonds.